The smallest absolute Gasteiger partial charge is 0.264 e. The van der Waals surface area contributed by atoms with Crippen LogP contribution in [0.1, 0.15) is 22.3 Å². The maximum atomic E-state index is 13.3. The number of hydrogen-bond donors (Lipinski definition) is 1. The summed E-state index contributed by atoms with van der Waals surface area (Å²) in [5.41, 5.74) is -0.902. The number of nitrogens with zero attached hydrogens (tertiary/aromatic N) is 1. The minimum atomic E-state index is -2.00. The molecule has 5 nitrogen and oxygen atoms in total. The number of aliphatic hydroxyl groups is 1. The molecule has 0 saturated carbocycles. The Hall–Kier alpha value is -2.57. The lowest BCUT2D eigenvalue weighted by atomic mass is 9.88. The fraction of sp³-hybridized carbons (Fsp3) is 0.167. The normalized spacial score (nSPS) is 17.4. The van der Waals surface area contributed by atoms with Crippen LogP contribution in [0.15, 0.2) is 66.7 Å². The molecule has 0 radical (unpaired) electrons. The van der Waals surface area contributed by atoms with E-state index in [9.17, 15) is 14.7 Å². The molecular weight excluding hydrogens is 473 g/mol. The largest absolute Gasteiger partial charge is 0.492 e. The van der Waals surface area contributed by atoms with Crippen LogP contribution in [0.2, 0.25) is 15.1 Å². The van der Waals surface area contributed by atoms with Gasteiger partial charge in [0.05, 0.1) is 23.7 Å². The fourth-order valence-corrected chi connectivity index (χ4v) is 4.37. The second-order valence-corrected chi connectivity index (χ2v) is 8.64. The third-order valence-electron chi connectivity index (χ3n) is 5.28. The van der Waals surface area contributed by atoms with Gasteiger partial charge < -0.3 is 14.7 Å². The number of benzene rings is 3. The Morgan fingerprint density at radius 3 is 2.38 bits per heavy atom. The van der Waals surface area contributed by atoms with Crippen LogP contribution in [0.4, 0.5) is 5.69 Å². The van der Waals surface area contributed by atoms with Crippen LogP contribution in [0, 0.1) is 0 Å². The lowest BCUT2D eigenvalue weighted by molar-refractivity contribution is -0.135. The highest BCUT2D eigenvalue weighted by Crippen LogP contribution is 2.43. The first-order valence-corrected chi connectivity index (χ1v) is 10.9. The van der Waals surface area contributed by atoms with E-state index >= 15 is 0 Å². The van der Waals surface area contributed by atoms with E-state index < -0.39 is 23.7 Å². The number of para-hydroxylation sites is 1. The van der Waals surface area contributed by atoms with E-state index in [4.69, 9.17) is 39.5 Å². The zero-order chi connectivity index (χ0) is 22.9. The summed E-state index contributed by atoms with van der Waals surface area (Å²) in [6, 6.07) is 18.2. The zero-order valence-electron chi connectivity index (χ0n) is 16.7. The second-order valence-electron chi connectivity index (χ2n) is 7.36. The maximum Gasteiger partial charge on any atom is 0.264 e. The summed E-state index contributed by atoms with van der Waals surface area (Å²) < 4.78 is 5.70. The van der Waals surface area contributed by atoms with Crippen LogP contribution in [0.3, 0.4) is 0 Å². The number of hydrogen-bond acceptors (Lipinski definition) is 4. The number of Topliss-reactive ketones (excluding diaryl/α,β-unsaturated/α-hetero) is 1. The molecular formula is C24H18Cl3NO4. The highest BCUT2D eigenvalue weighted by atomic mass is 35.5. The average molecular weight is 491 g/mol. The molecule has 1 N–H and O–H groups in total. The first-order chi connectivity index (χ1) is 15.3. The van der Waals surface area contributed by atoms with E-state index in [-0.39, 0.29) is 23.7 Å². The van der Waals surface area contributed by atoms with Gasteiger partial charge in [0.15, 0.2) is 11.4 Å². The predicted molar refractivity (Wildman–Crippen MR) is 125 cm³/mol. The number of carbonyl (C=O) groups excluding carboxylic acids is 2. The van der Waals surface area contributed by atoms with Crippen LogP contribution in [-0.2, 0) is 10.4 Å². The molecule has 32 heavy (non-hydrogen) atoms. The van der Waals surface area contributed by atoms with Crippen LogP contribution in [0.25, 0.3) is 0 Å². The number of rotatable bonds is 7. The van der Waals surface area contributed by atoms with E-state index in [0.717, 1.165) is 0 Å². The Labute approximate surface area is 200 Å². The summed E-state index contributed by atoms with van der Waals surface area (Å²) in [6.45, 7) is 0.380. The molecule has 0 spiro atoms. The number of carbonyl (C=O) groups is 2. The molecule has 0 bridgehead atoms. The van der Waals surface area contributed by atoms with E-state index in [0.29, 0.717) is 27.0 Å². The summed E-state index contributed by atoms with van der Waals surface area (Å²) in [4.78, 5) is 27.6. The Balaban J connectivity index is 1.54. The van der Waals surface area contributed by atoms with Gasteiger partial charge in [-0.3, -0.25) is 9.59 Å². The molecule has 1 heterocycles. The van der Waals surface area contributed by atoms with Crippen molar-refractivity contribution in [2.75, 3.05) is 18.1 Å². The Morgan fingerprint density at radius 1 is 0.969 bits per heavy atom. The van der Waals surface area contributed by atoms with Gasteiger partial charge in [0, 0.05) is 21.2 Å². The average Bonchev–Trinajstić information content (AvgIpc) is 2.97. The molecule has 0 fully saturated rings. The van der Waals surface area contributed by atoms with Crippen molar-refractivity contribution in [2.45, 2.75) is 12.0 Å². The number of ether oxygens (including phenoxy) is 1. The molecule has 8 heteroatoms. The van der Waals surface area contributed by atoms with Gasteiger partial charge in [-0.05, 0) is 48.5 Å². The summed E-state index contributed by atoms with van der Waals surface area (Å²) in [5, 5.41) is 12.5. The van der Waals surface area contributed by atoms with Crippen molar-refractivity contribution >= 4 is 52.2 Å². The first-order valence-electron chi connectivity index (χ1n) is 9.80. The Morgan fingerprint density at radius 2 is 1.66 bits per heavy atom. The van der Waals surface area contributed by atoms with Gasteiger partial charge in [0.25, 0.3) is 5.91 Å². The van der Waals surface area contributed by atoms with Crippen molar-refractivity contribution in [1.29, 1.82) is 0 Å². The molecule has 1 aliphatic rings. The van der Waals surface area contributed by atoms with E-state index in [1.807, 2.05) is 0 Å². The van der Waals surface area contributed by atoms with Crippen molar-refractivity contribution in [2.24, 2.45) is 0 Å². The fourth-order valence-electron chi connectivity index (χ4n) is 3.73. The molecule has 164 valence electrons. The minimum absolute atomic E-state index is 0.165. The Kier molecular flexibility index (Phi) is 6.45. The molecule has 0 aromatic heterocycles. The van der Waals surface area contributed by atoms with Crippen molar-refractivity contribution < 1.29 is 19.4 Å². The number of anilines is 1. The molecule has 1 amide bonds. The van der Waals surface area contributed by atoms with Crippen LogP contribution in [0.5, 0.6) is 5.75 Å². The van der Waals surface area contributed by atoms with Gasteiger partial charge in [0.1, 0.15) is 12.4 Å². The second kappa shape index (κ2) is 9.12. The van der Waals surface area contributed by atoms with Gasteiger partial charge in [-0.1, -0.05) is 53.0 Å². The van der Waals surface area contributed by atoms with Gasteiger partial charge in [0.2, 0.25) is 0 Å². The SMILES string of the molecule is O=C(CC1(O)C(=O)N(CCOc2ccc(Cl)cc2)c2ccccc21)c1ccc(Cl)cc1Cl. The first kappa shape index (κ1) is 22.6. The van der Waals surface area contributed by atoms with Crippen molar-refractivity contribution in [1.82, 2.24) is 0 Å². The Bertz CT molecular complexity index is 1180. The van der Waals surface area contributed by atoms with E-state index in [2.05, 4.69) is 0 Å². The van der Waals surface area contributed by atoms with Crippen molar-refractivity contribution in [3.63, 3.8) is 0 Å². The minimum Gasteiger partial charge on any atom is -0.492 e. The van der Waals surface area contributed by atoms with Crippen molar-refractivity contribution in [3.8, 4) is 5.75 Å². The quantitative estimate of drug-likeness (QED) is 0.442. The maximum absolute atomic E-state index is 13.3. The predicted octanol–water partition coefficient (Wildman–Crippen LogP) is 5.53. The molecule has 0 saturated heterocycles. The number of halogens is 3. The lowest BCUT2D eigenvalue weighted by Crippen LogP contribution is -2.43. The standard InChI is InChI=1S/C24H18Cl3NO4/c25-15-5-8-17(9-6-15)32-12-11-28-21-4-2-1-3-19(21)24(31,23(28)30)14-22(29)18-10-7-16(26)13-20(18)27/h1-10,13,31H,11-12,14H2. The monoisotopic (exact) mass is 489 g/mol. The summed E-state index contributed by atoms with van der Waals surface area (Å²) >= 11 is 17.9. The highest BCUT2D eigenvalue weighted by Gasteiger charge is 2.50. The van der Waals surface area contributed by atoms with Crippen LogP contribution < -0.4 is 9.64 Å². The topological polar surface area (TPSA) is 66.8 Å². The molecule has 1 aliphatic heterocycles. The third-order valence-corrected chi connectivity index (χ3v) is 6.08. The van der Waals surface area contributed by atoms with Gasteiger partial charge in [-0.15, -0.1) is 0 Å². The van der Waals surface area contributed by atoms with Gasteiger partial charge in [-0.2, -0.15) is 0 Å². The summed E-state index contributed by atoms with van der Waals surface area (Å²) in [5.74, 6) is -0.439. The zero-order valence-corrected chi connectivity index (χ0v) is 19.0. The van der Waals surface area contributed by atoms with Gasteiger partial charge in [-0.25, -0.2) is 0 Å². The van der Waals surface area contributed by atoms with E-state index in [1.165, 1.54) is 23.1 Å². The molecule has 0 aliphatic carbocycles. The molecule has 3 aromatic carbocycles. The molecule has 1 atom stereocenters. The number of fused-ring (bicyclic) bond motifs is 1. The molecule has 3 aromatic rings. The molecule has 1 unspecified atom stereocenters. The van der Waals surface area contributed by atoms with Gasteiger partial charge >= 0.3 is 0 Å². The van der Waals surface area contributed by atoms with Crippen LogP contribution in [-0.4, -0.2) is 29.9 Å². The van der Waals surface area contributed by atoms with E-state index in [1.54, 1.807) is 48.5 Å². The lowest BCUT2D eigenvalue weighted by Gasteiger charge is -2.23. The third kappa shape index (κ3) is 4.34. The highest BCUT2D eigenvalue weighted by molar-refractivity contribution is 6.37. The number of ketones is 1. The molecule has 4 rings (SSSR count). The summed E-state index contributed by atoms with van der Waals surface area (Å²) in [7, 11) is 0. The van der Waals surface area contributed by atoms with Crippen molar-refractivity contribution in [3.05, 3.63) is 92.9 Å². The summed E-state index contributed by atoms with van der Waals surface area (Å²) in [6.07, 6.45) is -0.446. The number of amides is 1. The van der Waals surface area contributed by atoms with Crippen LogP contribution >= 0.6 is 34.8 Å².